The minimum absolute atomic E-state index is 0.266. The van der Waals surface area contributed by atoms with Crippen LogP contribution in [0.2, 0.25) is 5.02 Å². The predicted molar refractivity (Wildman–Crippen MR) is 80.0 cm³/mol. The molecule has 0 saturated heterocycles. The summed E-state index contributed by atoms with van der Waals surface area (Å²) in [6, 6.07) is 13.5. The number of halogens is 2. The maximum atomic E-state index is 12.9. The molecule has 2 aromatic carbocycles. The lowest BCUT2D eigenvalue weighted by Crippen LogP contribution is -1.88. The highest BCUT2D eigenvalue weighted by Crippen LogP contribution is 2.28. The van der Waals surface area contributed by atoms with Crippen molar-refractivity contribution in [1.82, 2.24) is 10.2 Å². The summed E-state index contributed by atoms with van der Waals surface area (Å²) in [5, 5.41) is 13.4. The molecule has 20 heavy (non-hydrogen) atoms. The van der Waals surface area contributed by atoms with Gasteiger partial charge in [-0.2, -0.15) is 0 Å². The predicted octanol–water partition coefficient (Wildman–Crippen LogP) is 4.74. The third-order valence-electron chi connectivity index (χ3n) is 2.61. The second-order valence-corrected chi connectivity index (χ2v) is 5.47. The molecule has 3 nitrogen and oxygen atoms in total. The molecule has 3 rings (SSSR count). The van der Waals surface area contributed by atoms with E-state index in [0.717, 1.165) is 16.3 Å². The molecule has 6 heteroatoms. The van der Waals surface area contributed by atoms with E-state index in [1.54, 1.807) is 24.3 Å². The largest absolute Gasteiger partial charge is 0.330 e. The van der Waals surface area contributed by atoms with Crippen LogP contribution in [0.25, 0.3) is 10.6 Å². The summed E-state index contributed by atoms with van der Waals surface area (Å²) in [6.45, 7) is 0. The molecular weight excluding hydrogens is 297 g/mol. The fourth-order valence-electron chi connectivity index (χ4n) is 1.64. The van der Waals surface area contributed by atoms with Gasteiger partial charge < -0.3 is 5.32 Å². The summed E-state index contributed by atoms with van der Waals surface area (Å²) in [4.78, 5) is 0. The van der Waals surface area contributed by atoms with Gasteiger partial charge in [-0.15, -0.1) is 10.2 Å². The molecule has 0 amide bonds. The Morgan fingerprint density at radius 3 is 2.35 bits per heavy atom. The zero-order valence-electron chi connectivity index (χ0n) is 10.2. The van der Waals surface area contributed by atoms with E-state index < -0.39 is 0 Å². The van der Waals surface area contributed by atoms with Crippen LogP contribution in [0.1, 0.15) is 0 Å². The highest BCUT2D eigenvalue weighted by atomic mass is 35.5. The molecule has 0 spiro atoms. The molecule has 0 unspecified atom stereocenters. The molecule has 100 valence electrons. The first-order chi connectivity index (χ1) is 9.70. The second kappa shape index (κ2) is 5.56. The van der Waals surface area contributed by atoms with Crippen molar-refractivity contribution in [3.05, 3.63) is 59.4 Å². The summed E-state index contributed by atoms with van der Waals surface area (Å²) >= 11 is 7.23. The minimum atomic E-state index is -0.266. The summed E-state index contributed by atoms with van der Waals surface area (Å²) in [5.41, 5.74) is 1.73. The van der Waals surface area contributed by atoms with Crippen LogP contribution in [0.4, 0.5) is 15.2 Å². The monoisotopic (exact) mass is 305 g/mol. The van der Waals surface area contributed by atoms with Crippen molar-refractivity contribution in [2.45, 2.75) is 0 Å². The third kappa shape index (κ3) is 2.95. The van der Waals surface area contributed by atoms with Crippen LogP contribution in [0.5, 0.6) is 0 Å². The molecule has 0 atom stereocenters. The first-order valence-corrected chi connectivity index (χ1v) is 7.02. The van der Waals surface area contributed by atoms with E-state index in [1.807, 2.05) is 12.1 Å². The van der Waals surface area contributed by atoms with Gasteiger partial charge in [0.25, 0.3) is 0 Å². The maximum absolute atomic E-state index is 12.9. The van der Waals surface area contributed by atoms with Gasteiger partial charge in [0.05, 0.1) is 0 Å². The summed E-state index contributed by atoms with van der Waals surface area (Å²) < 4.78 is 12.9. The third-order valence-corrected chi connectivity index (χ3v) is 3.75. The van der Waals surface area contributed by atoms with Crippen molar-refractivity contribution in [1.29, 1.82) is 0 Å². The second-order valence-electron chi connectivity index (χ2n) is 4.05. The smallest absolute Gasteiger partial charge is 0.210 e. The molecule has 1 N–H and O–H groups in total. The van der Waals surface area contributed by atoms with Gasteiger partial charge in [0, 0.05) is 16.3 Å². The van der Waals surface area contributed by atoms with E-state index in [0.29, 0.717) is 10.2 Å². The Labute approximate surface area is 124 Å². The quantitative estimate of drug-likeness (QED) is 0.759. The van der Waals surface area contributed by atoms with Crippen molar-refractivity contribution in [2.24, 2.45) is 0 Å². The lowest BCUT2D eigenvalue weighted by Gasteiger charge is -2.00. The van der Waals surface area contributed by atoms with Crippen molar-refractivity contribution >= 4 is 33.8 Å². The Bertz CT molecular complexity index is 710. The fourth-order valence-corrected chi connectivity index (χ4v) is 2.53. The van der Waals surface area contributed by atoms with E-state index in [4.69, 9.17) is 11.6 Å². The Hall–Kier alpha value is -1.98. The fraction of sp³-hybridized carbons (Fsp3) is 0. The lowest BCUT2D eigenvalue weighted by molar-refractivity contribution is 0.628. The van der Waals surface area contributed by atoms with Crippen molar-refractivity contribution in [3.8, 4) is 10.6 Å². The van der Waals surface area contributed by atoms with E-state index in [1.165, 1.54) is 23.5 Å². The van der Waals surface area contributed by atoms with Gasteiger partial charge in [-0.25, -0.2) is 4.39 Å². The number of nitrogens with zero attached hydrogens (tertiary/aromatic N) is 2. The standard InChI is InChI=1S/C14H9ClFN3S/c15-10-3-7-12(8-4-10)17-14-19-18-13(20-14)9-1-5-11(16)6-2-9/h1-8H,(H,17,19). The van der Waals surface area contributed by atoms with Gasteiger partial charge >= 0.3 is 0 Å². The van der Waals surface area contributed by atoms with Gasteiger partial charge in [-0.3, -0.25) is 0 Å². The highest BCUT2D eigenvalue weighted by Gasteiger charge is 2.07. The van der Waals surface area contributed by atoms with Crippen molar-refractivity contribution in [2.75, 3.05) is 5.32 Å². The van der Waals surface area contributed by atoms with Crippen molar-refractivity contribution < 1.29 is 4.39 Å². The van der Waals surface area contributed by atoms with E-state index in [-0.39, 0.29) is 5.82 Å². The van der Waals surface area contributed by atoms with Crippen LogP contribution in [-0.4, -0.2) is 10.2 Å². The zero-order valence-corrected chi connectivity index (χ0v) is 11.7. The van der Waals surface area contributed by atoms with Crippen LogP contribution < -0.4 is 5.32 Å². The van der Waals surface area contributed by atoms with Crippen LogP contribution >= 0.6 is 22.9 Å². The zero-order chi connectivity index (χ0) is 13.9. The average Bonchev–Trinajstić information content (AvgIpc) is 2.91. The molecule has 3 aromatic rings. The van der Waals surface area contributed by atoms with Gasteiger partial charge in [0.1, 0.15) is 10.8 Å². The summed E-state index contributed by atoms with van der Waals surface area (Å²) in [6.07, 6.45) is 0. The van der Waals surface area contributed by atoms with E-state index in [2.05, 4.69) is 15.5 Å². The van der Waals surface area contributed by atoms with Gasteiger partial charge in [-0.1, -0.05) is 22.9 Å². The van der Waals surface area contributed by atoms with Crippen LogP contribution in [0.3, 0.4) is 0 Å². The van der Waals surface area contributed by atoms with Gasteiger partial charge in [-0.05, 0) is 48.5 Å². The van der Waals surface area contributed by atoms with Gasteiger partial charge in [0.2, 0.25) is 5.13 Å². The Kier molecular flexibility index (Phi) is 3.62. The Balaban J connectivity index is 1.80. The summed E-state index contributed by atoms with van der Waals surface area (Å²) in [7, 11) is 0. The molecule has 0 aliphatic rings. The Morgan fingerprint density at radius 2 is 1.65 bits per heavy atom. The number of hydrogen-bond donors (Lipinski definition) is 1. The molecule has 0 radical (unpaired) electrons. The molecule has 0 aliphatic heterocycles. The topological polar surface area (TPSA) is 37.8 Å². The normalized spacial score (nSPS) is 10.5. The lowest BCUT2D eigenvalue weighted by atomic mass is 10.2. The van der Waals surface area contributed by atoms with E-state index >= 15 is 0 Å². The number of nitrogens with one attached hydrogen (secondary N) is 1. The molecule has 0 bridgehead atoms. The number of hydrogen-bond acceptors (Lipinski definition) is 4. The molecule has 1 aromatic heterocycles. The molecular formula is C14H9ClFN3S. The molecule has 1 heterocycles. The first kappa shape index (κ1) is 13.0. The summed E-state index contributed by atoms with van der Waals surface area (Å²) in [5.74, 6) is -0.266. The SMILES string of the molecule is Fc1ccc(-c2nnc(Nc3ccc(Cl)cc3)s2)cc1. The van der Waals surface area contributed by atoms with Gasteiger partial charge in [0.15, 0.2) is 0 Å². The number of rotatable bonds is 3. The van der Waals surface area contributed by atoms with Crippen LogP contribution in [0.15, 0.2) is 48.5 Å². The van der Waals surface area contributed by atoms with Crippen molar-refractivity contribution in [3.63, 3.8) is 0 Å². The average molecular weight is 306 g/mol. The first-order valence-electron chi connectivity index (χ1n) is 5.83. The maximum Gasteiger partial charge on any atom is 0.210 e. The highest BCUT2D eigenvalue weighted by molar-refractivity contribution is 7.18. The minimum Gasteiger partial charge on any atom is -0.330 e. The molecule has 0 saturated carbocycles. The van der Waals surface area contributed by atoms with Crippen LogP contribution in [0, 0.1) is 5.82 Å². The number of anilines is 2. The Morgan fingerprint density at radius 1 is 0.950 bits per heavy atom. The number of benzene rings is 2. The van der Waals surface area contributed by atoms with Crippen LogP contribution in [-0.2, 0) is 0 Å². The van der Waals surface area contributed by atoms with E-state index in [9.17, 15) is 4.39 Å². The number of aromatic nitrogens is 2. The molecule has 0 fully saturated rings. The molecule has 0 aliphatic carbocycles.